The van der Waals surface area contributed by atoms with E-state index in [9.17, 15) is 0 Å². The number of hydrogen-bond donors (Lipinski definition) is 1. The fourth-order valence-electron chi connectivity index (χ4n) is 1.64. The maximum Gasteiger partial charge on any atom is 0.278 e. The van der Waals surface area contributed by atoms with E-state index in [0.29, 0.717) is 0 Å². The number of aromatic amines is 1. The van der Waals surface area contributed by atoms with Crippen LogP contribution in [0.2, 0.25) is 0 Å². The van der Waals surface area contributed by atoms with Crippen molar-refractivity contribution in [3.8, 4) is 0 Å². The zero-order valence-electron chi connectivity index (χ0n) is 8.69. The zero-order valence-corrected chi connectivity index (χ0v) is 8.69. The summed E-state index contributed by atoms with van der Waals surface area (Å²) >= 11 is 0. The van der Waals surface area contributed by atoms with Gasteiger partial charge in [-0.1, -0.05) is 36.9 Å². The molecule has 1 N–H and O–H groups in total. The molecule has 1 heterocycles. The lowest BCUT2D eigenvalue weighted by Gasteiger charge is -1.99. The van der Waals surface area contributed by atoms with E-state index in [-0.39, 0.29) is 0 Å². The molecular weight excluding hydrogens is 184 g/mol. The van der Waals surface area contributed by atoms with Crippen LogP contribution in [0.3, 0.4) is 0 Å². The molecule has 1 aromatic heterocycles. The first-order chi connectivity index (χ1) is 7.40. The van der Waals surface area contributed by atoms with Crippen molar-refractivity contribution in [1.29, 1.82) is 0 Å². The molecule has 15 heavy (non-hydrogen) atoms. The molecule has 2 heteroatoms. The Labute approximate surface area is 89.9 Å². The van der Waals surface area contributed by atoms with Gasteiger partial charge in [0.1, 0.15) is 12.4 Å². The highest BCUT2D eigenvalue weighted by atomic mass is 15.0. The van der Waals surface area contributed by atoms with Crippen LogP contribution in [0.1, 0.15) is 11.4 Å². The Hall–Kier alpha value is -1.83. The van der Waals surface area contributed by atoms with Crippen molar-refractivity contribution in [2.24, 2.45) is 0 Å². The third-order valence-corrected chi connectivity index (χ3v) is 2.47. The summed E-state index contributed by atoms with van der Waals surface area (Å²) in [6.45, 7) is 4.75. The van der Waals surface area contributed by atoms with Crippen LogP contribution in [0.5, 0.6) is 0 Å². The molecule has 0 saturated heterocycles. The average Bonchev–Trinajstić information content (AvgIpc) is 2.75. The minimum atomic E-state index is 0.981. The predicted molar refractivity (Wildman–Crippen MR) is 61.2 cm³/mol. The van der Waals surface area contributed by atoms with Crippen molar-refractivity contribution in [3.63, 3.8) is 0 Å². The summed E-state index contributed by atoms with van der Waals surface area (Å²) in [7, 11) is 0. The summed E-state index contributed by atoms with van der Waals surface area (Å²) in [6.07, 6.45) is 6.86. The fraction of sp³-hybridized carbons (Fsp3) is 0.154. The molecule has 2 rings (SSSR count). The molecule has 0 atom stereocenters. The van der Waals surface area contributed by atoms with Crippen molar-refractivity contribution in [2.75, 3.05) is 0 Å². The third kappa shape index (κ3) is 2.34. The Morgan fingerprint density at radius 2 is 2.07 bits per heavy atom. The monoisotopic (exact) mass is 199 g/mol. The number of nitrogens with zero attached hydrogens (tertiary/aromatic N) is 1. The number of hydrogen-bond acceptors (Lipinski definition) is 0. The van der Waals surface area contributed by atoms with E-state index in [2.05, 4.69) is 40.4 Å². The van der Waals surface area contributed by atoms with Gasteiger partial charge in [0, 0.05) is 12.5 Å². The Morgan fingerprint density at radius 1 is 1.27 bits per heavy atom. The van der Waals surface area contributed by atoms with E-state index >= 15 is 0 Å². The second kappa shape index (κ2) is 4.60. The van der Waals surface area contributed by atoms with Crippen LogP contribution < -0.4 is 4.57 Å². The van der Waals surface area contributed by atoms with Crippen LogP contribution in [0.15, 0.2) is 49.3 Å². The molecule has 0 bridgehead atoms. The number of H-pyrrole nitrogens is 1. The van der Waals surface area contributed by atoms with Gasteiger partial charge in [0.15, 0.2) is 0 Å². The van der Waals surface area contributed by atoms with Gasteiger partial charge in [-0.05, 0) is 5.56 Å². The Morgan fingerprint density at radius 3 is 2.80 bits per heavy atom. The molecular formula is C13H15N2+. The first kappa shape index (κ1) is 9.71. The summed E-state index contributed by atoms with van der Waals surface area (Å²) in [5.74, 6) is 1.06. The largest absolute Gasteiger partial charge is 0.278 e. The lowest BCUT2D eigenvalue weighted by atomic mass is 10.1. The number of rotatable bonds is 4. The first-order valence-corrected chi connectivity index (χ1v) is 5.13. The van der Waals surface area contributed by atoms with Crippen LogP contribution >= 0.6 is 0 Å². The van der Waals surface area contributed by atoms with Gasteiger partial charge in [0.2, 0.25) is 0 Å². The van der Waals surface area contributed by atoms with E-state index < -0.39 is 0 Å². The zero-order chi connectivity index (χ0) is 10.5. The van der Waals surface area contributed by atoms with Gasteiger partial charge < -0.3 is 0 Å². The minimum Gasteiger partial charge on any atom is -0.244 e. The number of nitrogens with one attached hydrogen (secondary N) is 1. The molecule has 0 aliphatic carbocycles. The summed E-state index contributed by atoms with van der Waals surface area (Å²) in [5.41, 5.74) is 1.36. The maximum atomic E-state index is 3.77. The molecule has 0 radical (unpaired) electrons. The summed E-state index contributed by atoms with van der Waals surface area (Å²) < 4.78 is 2.17. The van der Waals surface area contributed by atoms with E-state index in [1.165, 1.54) is 5.56 Å². The molecule has 0 spiro atoms. The minimum absolute atomic E-state index is 0.981. The van der Waals surface area contributed by atoms with Crippen LogP contribution in [-0.4, -0.2) is 4.98 Å². The molecule has 0 aliphatic rings. The van der Waals surface area contributed by atoms with Crippen LogP contribution in [0.4, 0.5) is 0 Å². The Balaban J connectivity index is 2.02. The molecule has 0 unspecified atom stereocenters. The average molecular weight is 199 g/mol. The SMILES string of the molecule is C=Cc1[nH]cc[n+]1CCc1ccccc1. The standard InChI is InChI=1S/C13H14N2/c1-2-13-14-9-11-15(13)10-8-12-6-4-3-5-7-12/h2-7,9,11H,1,8,10H2/p+1. The predicted octanol–water partition coefficient (Wildman–Crippen LogP) is 2.19. The highest BCUT2D eigenvalue weighted by Gasteiger charge is 2.05. The van der Waals surface area contributed by atoms with Gasteiger partial charge in [-0.15, -0.1) is 0 Å². The summed E-state index contributed by atoms with van der Waals surface area (Å²) in [4.78, 5) is 3.14. The van der Waals surface area contributed by atoms with Gasteiger partial charge in [0.25, 0.3) is 5.82 Å². The van der Waals surface area contributed by atoms with Gasteiger partial charge in [0.05, 0.1) is 6.54 Å². The number of benzene rings is 1. The quantitative estimate of drug-likeness (QED) is 0.728. The molecule has 2 aromatic rings. The molecule has 0 aliphatic heterocycles. The van der Waals surface area contributed by atoms with Crippen LogP contribution in [0.25, 0.3) is 6.08 Å². The maximum absolute atomic E-state index is 3.77. The molecule has 0 amide bonds. The Bertz CT molecular complexity index is 429. The molecule has 0 fully saturated rings. The van der Waals surface area contributed by atoms with Crippen molar-refractivity contribution < 1.29 is 4.57 Å². The molecule has 76 valence electrons. The van der Waals surface area contributed by atoms with Crippen LogP contribution in [0, 0.1) is 0 Å². The second-order valence-electron chi connectivity index (χ2n) is 3.48. The van der Waals surface area contributed by atoms with Crippen molar-refractivity contribution in [1.82, 2.24) is 4.98 Å². The highest BCUT2D eigenvalue weighted by molar-refractivity contribution is 5.31. The van der Waals surface area contributed by atoms with E-state index in [4.69, 9.17) is 0 Å². The Kier molecular flexibility index (Phi) is 2.98. The van der Waals surface area contributed by atoms with Crippen molar-refractivity contribution >= 4 is 6.08 Å². The van der Waals surface area contributed by atoms with Crippen molar-refractivity contribution in [2.45, 2.75) is 13.0 Å². The highest BCUT2D eigenvalue weighted by Crippen LogP contribution is 1.99. The van der Waals surface area contributed by atoms with E-state index in [0.717, 1.165) is 18.8 Å². The van der Waals surface area contributed by atoms with Gasteiger partial charge in [-0.2, -0.15) is 0 Å². The lowest BCUT2D eigenvalue weighted by Crippen LogP contribution is -2.35. The van der Waals surface area contributed by atoms with Gasteiger partial charge >= 0.3 is 0 Å². The van der Waals surface area contributed by atoms with Gasteiger partial charge in [-0.3, -0.25) is 0 Å². The molecule has 0 saturated carbocycles. The summed E-state index contributed by atoms with van der Waals surface area (Å²) in [6, 6.07) is 10.5. The normalized spacial score (nSPS) is 10.1. The molecule has 2 nitrogen and oxygen atoms in total. The molecule has 1 aromatic carbocycles. The van der Waals surface area contributed by atoms with Crippen molar-refractivity contribution in [3.05, 3.63) is 60.7 Å². The topological polar surface area (TPSA) is 19.7 Å². The number of aryl methyl sites for hydroxylation is 2. The third-order valence-electron chi connectivity index (χ3n) is 2.47. The van der Waals surface area contributed by atoms with Gasteiger partial charge in [-0.25, -0.2) is 9.55 Å². The second-order valence-corrected chi connectivity index (χ2v) is 3.48. The fourth-order valence-corrected chi connectivity index (χ4v) is 1.64. The summed E-state index contributed by atoms with van der Waals surface area (Å²) in [5, 5.41) is 0. The smallest absolute Gasteiger partial charge is 0.244 e. The van der Waals surface area contributed by atoms with E-state index in [1.807, 2.05) is 24.5 Å². The lowest BCUT2D eigenvalue weighted by molar-refractivity contribution is -0.696. The van der Waals surface area contributed by atoms with E-state index in [1.54, 1.807) is 0 Å². The van der Waals surface area contributed by atoms with Crippen LogP contribution in [-0.2, 0) is 13.0 Å². The number of aromatic nitrogens is 2. The number of imidazole rings is 1. The first-order valence-electron chi connectivity index (χ1n) is 5.13.